The van der Waals surface area contributed by atoms with E-state index in [4.69, 9.17) is 10.5 Å². The zero-order chi connectivity index (χ0) is 16.1. The summed E-state index contributed by atoms with van der Waals surface area (Å²) in [7, 11) is 0. The molecule has 5 heteroatoms. The largest absolute Gasteiger partial charge is 0.374 e. The van der Waals surface area contributed by atoms with E-state index in [1.165, 1.54) is 5.56 Å². The van der Waals surface area contributed by atoms with Gasteiger partial charge in [-0.2, -0.15) is 0 Å². The smallest absolute Gasteiger partial charge is 0.223 e. The van der Waals surface area contributed by atoms with Crippen LogP contribution >= 0.6 is 0 Å². The van der Waals surface area contributed by atoms with Crippen LogP contribution in [-0.2, 0) is 16.1 Å². The van der Waals surface area contributed by atoms with Crippen LogP contribution in [0, 0.1) is 5.92 Å². The molecule has 23 heavy (non-hydrogen) atoms. The average Bonchev–Trinajstić information content (AvgIpc) is 3.01. The van der Waals surface area contributed by atoms with E-state index in [1.807, 2.05) is 6.07 Å². The third-order valence-electron chi connectivity index (χ3n) is 4.82. The Hall–Kier alpha value is -1.43. The van der Waals surface area contributed by atoms with Crippen LogP contribution in [0.2, 0.25) is 0 Å². The van der Waals surface area contributed by atoms with Crippen molar-refractivity contribution in [3.63, 3.8) is 0 Å². The molecule has 5 nitrogen and oxygen atoms in total. The molecule has 0 bridgehead atoms. The fraction of sp³-hybridized carbons (Fsp3) is 0.611. The highest BCUT2D eigenvalue weighted by atomic mass is 16.5. The molecule has 1 aliphatic heterocycles. The van der Waals surface area contributed by atoms with Crippen molar-refractivity contribution in [2.24, 2.45) is 11.7 Å². The molecule has 1 aromatic carbocycles. The summed E-state index contributed by atoms with van der Waals surface area (Å²) in [5, 5.41) is 3.05. The molecular weight excluding hydrogens is 290 g/mol. The lowest BCUT2D eigenvalue weighted by atomic mass is 10.1. The van der Waals surface area contributed by atoms with Gasteiger partial charge < -0.3 is 15.8 Å². The number of amides is 1. The van der Waals surface area contributed by atoms with Crippen molar-refractivity contribution in [2.75, 3.05) is 26.2 Å². The maximum absolute atomic E-state index is 12.2. The van der Waals surface area contributed by atoms with Gasteiger partial charge in [0.1, 0.15) is 0 Å². The predicted molar refractivity (Wildman–Crippen MR) is 89.8 cm³/mol. The van der Waals surface area contributed by atoms with Crippen LogP contribution < -0.4 is 11.1 Å². The Kier molecular flexibility index (Phi) is 5.65. The SMILES string of the molecule is NC1CCC(C(=O)NCC2CN(Cc3ccccc3)CCO2)C1. The summed E-state index contributed by atoms with van der Waals surface area (Å²) in [6.07, 6.45) is 2.77. The van der Waals surface area contributed by atoms with Gasteiger partial charge in [-0.15, -0.1) is 0 Å². The summed E-state index contributed by atoms with van der Waals surface area (Å²) < 4.78 is 5.80. The second-order valence-electron chi connectivity index (χ2n) is 6.73. The molecule has 0 spiro atoms. The number of carbonyl (C=O) groups is 1. The fourth-order valence-electron chi connectivity index (χ4n) is 3.50. The first-order valence-corrected chi connectivity index (χ1v) is 8.62. The van der Waals surface area contributed by atoms with Crippen LogP contribution in [0.1, 0.15) is 24.8 Å². The number of rotatable bonds is 5. The number of morpholine rings is 1. The fourth-order valence-corrected chi connectivity index (χ4v) is 3.50. The first-order chi connectivity index (χ1) is 11.2. The Morgan fingerprint density at radius 2 is 2.13 bits per heavy atom. The molecule has 1 aromatic rings. The van der Waals surface area contributed by atoms with Crippen molar-refractivity contribution in [3.05, 3.63) is 35.9 Å². The highest BCUT2D eigenvalue weighted by Crippen LogP contribution is 2.24. The third kappa shape index (κ3) is 4.77. The van der Waals surface area contributed by atoms with Crippen LogP contribution in [0.15, 0.2) is 30.3 Å². The van der Waals surface area contributed by atoms with Crippen LogP contribution in [0.25, 0.3) is 0 Å². The number of nitrogens with one attached hydrogen (secondary N) is 1. The van der Waals surface area contributed by atoms with E-state index in [0.717, 1.165) is 45.5 Å². The number of ether oxygens (including phenoxy) is 1. The molecule has 1 heterocycles. The molecular formula is C18H27N3O2. The molecule has 1 saturated carbocycles. The first kappa shape index (κ1) is 16.4. The summed E-state index contributed by atoms with van der Waals surface area (Å²) >= 11 is 0. The molecule has 126 valence electrons. The third-order valence-corrected chi connectivity index (χ3v) is 4.82. The molecule has 1 aliphatic carbocycles. The average molecular weight is 317 g/mol. The number of nitrogens with two attached hydrogens (primary N) is 1. The van der Waals surface area contributed by atoms with Gasteiger partial charge in [-0.3, -0.25) is 9.69 Å². The lowest BCUT2D eigenvalue weighted by Gasteiger charge is -2.33. The van der Waals surface area contributed by atoms with E-state index >= 15 is 0 Å². The van der Waals surface area contributed by atoms with Gasteiger partial charge in [-0.1, -0.05) is 30.3 Å². The minimum absolute atomic E-state index is 0.0755. The maximum atomic E-state index is 12.2. The molecule has 3 unspecified atom stereocenters. The van der Waals surface area contributed by atoms with Gasteiger partial charge in [0.05, 0.1) is 12.7 Å². The van der Waals surface area contributed by atoms with E-state index in [2.05, 4.69) is 34.5 Å². The summed E-state index contributed by atoms with van der Waals surface area (Å²) in [4.78, 5) is 14.6. The lowest BCUT2D eigenvalue weighted by Crippen LogP contribution is -2.47. The molecule has 3 rings (SSSR count). The summed E-state index contributed by atoms with van der Waals surface area (Å²) in [5.41, 5.74) is 7.20. The highest BCUT2D eigenvalue weighted by molar-refractivity contribution is 5.79. The van der Waals surface area contributed by atoms with E-state index < -0.39 is 0 Å². The van der Waals surface area contributed by atoms with Crippen molar-refractivity contribution in [3.8, 4) is 0 Å². The molecule has 3 atom stereocenters. The second kappa shape index (κ2) is 7.90. The number of carbonyl (C=O) groups excluding carboxylic acids is 1. The Labute approximate surface area is 138 Å². The van der Waals surface area contributed by atoms with Crippen LogP contribution in [0.4, 0.5) is 0 Å². The summed E-state index contributed by atoms with van der Waals surface area (Å²) in [6.45, 7) is 4.06. The molecule has 0 radical (unpaired) electrons. The standard InChI is InChI=1S/C18H27N3O2/c19-16-7-6-15(10-16)18(22)20-11-17-13-21(8-9-23-17)12-14-4-2-1-3-5-14/h1-5,15-17H,6-13,19H2,(H,20,22). The molecule has 3 N–H and O–H groups in total. The Balaban J connectivity index is 1.42. The van der Waals surface area contributed by atoms with E-state index in [-0.39, 0.29) is 24.0 Å². The van der Waals surface area contributed by atoms with Crippen LogP contribution in [0.5, 0.6) is 0 Å². The van der Waals surface area contributed by atoms with Crippen molar-refractivity contribution in [1.82, 2.24) is 10.2 Å². The van der Waals surface area contributed by atoms with Gasteiger partial charge >= 0.3 is 0 Å². The molecule has 0 aromatic heterocycles. The zero-order valence-corrected chi connectivity index (χ0v) is 13.6. The van der Waals surface area contributed by atoms with Crippen LogP contribution in [0.3, 0.4) is 0 Å². The Morgan fingerprint density at radius 1 is 1.30 bits per heavy atom. The van der Waals surface area contributed by atoms with E-state index in [9.17, 15) is 4.79 Å². The maximum Gasteiger partial charge on any atom is 0.223 e. The minimum atomic E-state index is 0.0755. The van der Waals surface area contributed by atoms with Crippen LogP contribution in [-0.4, -0.2) is 49.2 Å². The molecule has 2 aliphatic rings. The van der Waals surface area contributed by atoms with Gasteiger partial charge in [-0.05, 0) is 24.8 Å². The number of nitrogens with zero attached hydrogens (tertiary/aromatic N) is 1. The monoisotopic (exact) mass is 317 g/mol. The summed E-state index contributed by atoms with van der Waals surface area (Å²) in [6, 6.07) is 10.7. The topological polar surface area (TPSA) is 67.6 Å². The van der Waals surface area contributed by atoms with Gasteiger partial charge in [0.25, 0.3) is 0 Å². The Morgan fingerprint density at radius 3 is 2.87 bits per heavy atom. The second-order valence-corrected chi connectivity index (χ2v) is 6.73. The number of hydrogen-bond donors (Lipinski definition) is 2. The predicted octanol–water partition coefficient (Wildman–Crippen LogP) is 1.13. The highest BCUT2D eigenvalue weighted by Gasteiger charge is 2.28. The number of benzene rings is 1. The van der Waals surface area contributed by atoms with Gasteiger partial charge in [0.2, 0.25) is 5.91 Å². The normalized spacial score (nSPS) is 28.7. The van der Waals surface area contributed by atoms with Crippen molar-refractivity contribution < 1.29 is 9.53 Å². The van der Waals surface area contributed by atoms with E-state index in [1.54, 1.807) is 0 Å². The first-order valence-electron chi connectivity index (χ1n) is 8.62. The van der Waals surface area contributed by atoms with Gasteiger partial charge in [-0.25, -0.2) is 0 Å². The molecule has 2 fully saturated rings. The molecule has 1 saturated heterocycles. The van der Waals surface area contributed by atoms with Crippen molar-refractivity contribution >= 4 is 5.91 Å². The minimum Gasteiger partial charge on any atom is -0.374 e. The quantitative estimate of drug-likeness (QED) is 0.854. The van der Waals surface area contributed by atoms with Gasteiger partial charge in [0, 0.05) is 38.1 Å². The Bertz CT molecular complexity index is 508. The zero-order valence-electron chi connectivity index (χ0n) is 13.6. The van der Waals surface area contributed by atoms with Crippen molar-refractivity contribution in [1.29, 1.82) is 0 Å². The summed E-state index contributed by atoms with van der Waals surface area (Å²) in [5.74, 6) is 0.232. The van der Waals surface area contributed by atoms with Gasteiger partial charge in [0.15, 0.2) is 0 Å². The lowest BCUT2D eigenvalue weighted by molar-refractivity contribution is -0.126. The molecule has 1 amide bonds. The number of hydrogen-bond acceptors (Lipinski definition) is 4. The van der Waals surface area contributed by atoms with Crippen molar-refractivity contribution in [2.45, 2.75) is 38.0 Å². The van der Waals surface area contributed by atoms with E-state index in [0.29, 0.717) is 6.54 Å².